The molecule has 2 N–H and O–H groups in total. The molecule has 0 aliphatic carbocycles. The number of likely N-dealkylation sites (tertiary alicyclic amines) is 1. The third kappa shape index (κ3) is 3.75. The molecular formula is C19H20ClFN3O2S-. The van der Waals surface area contributed by atoms with Crippen LogP contribution in [0.5, 0.6) is 0 Å². The Bertz CT molecular complexity index is 901. The summed E-state index contributed by atoms with van der Waals surface area (Å²) in [7, 11) is -1.50. The Morgan fingerprint density at radius 2 is 2.11 bits per heavy atom. The molecule has 0 bridgehead atoms. The number of carbonyl (C=O) groups is 1. The molecule has 4 rings (SSSR count). The minimum atomic E-state index is -1.50. The second-order valence-electron chi connectivity index (χ2n) is 6.79. The molecule has 2 aliphatic heterocycles. The predicted octanol–water partition coefficient (Wildman–Crippen LogP) is 3.63. The molecular weight excluding hydrogens is 389 g/mol. The smallest absolute Gasteiger partial charge is 0.171 e. The summed E-state index contributed by atoms with van der Waals surface area (Å²) < 4.78 is 27.1. The molecule has 5 nitrogen and oxygen atoms in total. The number of hydrogen-bond donors (Lipinski definition) is 2. The van der Waals surface area contributed by atoms with Crippen molar-refractivity contribution in [3.8, 4) is 11.3 Å². The molecule has 3 heterocycles. The molecule has 8 heteroatoms. The van der Waals surface area contributed by atoms with Gasteiger partial charge in [0.1, 0.15) is 5.82 Å². The number of carbonyl (C=O) groups excluding carboxylic acids is 1. The number of benzene rings is 1. The van der Waals surface area contributed by atoms with Crippen molar-refractivity contribution in [3.63, 3.8) is 0 Å². The van der Waals surface area contributed by atoms with Gasteiger partial charge in [0.05, 0.1) is 27.7 Å². The average Bonchev–Trinajstić information content (AvgIpc) is 3.29. The normalized spacial score (nSPS) is 20.3. The Hall–Kier alpha value is -1.51. The number of halogens is 2. The molecule has 0 saturated carbocycles. The maximum absolute atomic E-state index is 14.2. The monoisotopic (exact) mass is 408 g/mol. The number of nitrogens with zero attached hydrogens (tertiary/aromatic N) is 1. The highest BCUT2D eigenvalue weighted by molar-refractivity contribution is 8.11. The van der Waals surface area contributed by atoms with Crippen LogP contribution < -0.4 is 5.32 Å². The zero-order valence-corrected chi connectivity index (χ0v) is 16.3. The largest absolute Gasteiger partial charge is 0.797 e. The lowest BCUT2D eigenvalue weighted by molar-refractivity contribution is 0.0996. The van der Waals surface area contributed by atoms with E-state index < -0.39 is 16.6 Å². The fourth-order valence-corrected chi connectivity index (χ4v) is 5.18. The Labute approximate surface area is 164 Å². The molecule has 0 amide bonds. The second-order valence-corrected chi connectivity index (χ2v) is 8.64. The van der Waals surface area contributed by atoms with E-state index in [1.165, 1.54) is 25.0 Å². The van der Waals surface area contributed by atoms with Crippen molar-refractivity contribution in [3.05, 3.63) is 40.7 Å². The van der Waals surface area contributed by atoms with Gasteiger partial charge in [0.25, 0.3) is 0 Å². The first-order valence-electron chi connectivity index (χ1n) is 8.99. The van der Waals surface area contributed by atoms with Crippen molar-refractivity contribution in [2.24, 2.45) is 0 Å². The van der Waals surface area contributed by atoms with E-state index in [-0.39, 0.29) is 22.8 Å². The third-order valence-electron chi connectivity index (χ3n) is 4.99. The van der Waals surface area contributed by atoms with Crippen LogP contribution in [0.4, 0.5) is 4.39 Å². The molecule has 1 atom stereocenters. The number of hydrogen-bond acceptors (Lipinski definition) is 4. The zero-order valence-electron chi connectivity index (χ0n) is 14.7. The van der Waals surface area contributed by atoms with E-state index in [2.05, 4.69) is 15.2 Å². The van der Waals surface area contributed by atoms with Gasteiger partial charge in [0, 0.05) is 23.6 Å². The predicted molar refractivity (Wildman–Crippen MR) is 105 cm³/mol. The molecule has 27 heavy (non-hydrogen) atoms. The first-order chi connectivity index (χ1) is 13.0. The molecule has 2 aromatic rings. The number of fused-ring (bicyclic) bond motifs is 1. The topological polar surface area (TPSA) is 71.2 Å². The standard InChI is InChI=1S/C19H20ClFN3O2S/c20-13-4-3-5-14(21)18(13)15-10-12-16(25)11-17(27(26)19(12)23-15)22-6-9-24-7-1-2-8-24/h3-5,10H,1-2,6-9,11H2,(H2-,22,23,25,26)/q-1. The number of rotatable bonds is 4. The van der Waals surface area contributed by atoms with Crippen molar-refractivity contribution in [1.29, 1.82) is 0 Å². The summed E-state index contributed by atoms with van der Waals surface area (Å²) in [6.45, 7) is 3.69. The fraction of sp³-hybridized carbons (Fsp3) is 0.368. The van der Waals surface area contributed by atoms with Gasteiger partial charge in [-0.15, -0.1) is 0 Å². The van der Waals surface area contributed by atoms with Crippen LogP contribution in [0.25, 0.3) is 11.3 Å². The third-order valence-corrected chi connectivity index (χ3v) is 6.74. The van der Waals surface area contributed by atoms with E-state index in [1.54, 1.807) is 12.1 Å². The first-order valence-corrected chi connectivity index (χ1v) is 10.5. The number of aromatic nitrogens is 1. The average molecular weight is 409 g/mol. The SMILES string of the molecule is O=C1CC(NCCN2CCCC2)=S([O-])c2[nH]c(-c3c(F)cccc3Cl)cc21. The van der Waals surface area contributed by atoms with Crippen LogP contribution in [-0.2, 0) is 0 Å². The van der Waals surface area contributed by atoms with E-state index in [9.17, 15) is 13.7 Å². The Morgan fingerprint density at radius 1 is 1.33 bits per heavy atom. The quantitative estimate of drug-likeness (QED) is 0.758. The van der Waals surface area contributed by atoms with Crippen LogP contribution in [0.2, 0.25) is 5.02 Å². The molecule has 1 saturated heterocycles. The maximum atomic E-state index is 14.2. The summed E-state index contributed by atoms with van der Waals surface area (Å²) in [5, 5.41) is 3.72. The minimum Gasteiger partial charge on any atom is -0.797 e. The van der Waals surface area contributed by atoms with Crippen molar-refractivity contribution >= 4 is 33.1 Å². The van der Waals surface area contributed by atoms with Crippen LogP contribution >= 0.6 is 22.4 Å². The number of aromatic amines is 1. The minimum absolute atomic E-state index is 0.0852. The fourth-order valence-electron chi connectivity index (χ4n) is 3.60. The number of H-pyrrole nitrogens is 1. The summed E-state index contributed by atoms with van der Waals surface area (Å²) in [4.78, 5) is 18.3. The summed E-state index contributed by atoms with van der Waals surface area (Å²) in [5.41, 5.74) is 0.887. The molecule has 0 radical (unpaired) electrons. The second kappa shape index (κ2) is 7.85. The van der Waals surface area contributed by atoms with Gasteiger partial charge in [-0.1, -0.05) is 17.7 Å². The van der Waals surface area contributed by atoms with Gasteiger partial charge in [-0.05, 0) is 44.1 Å². The molecule has 1 aromatic carbocycles. The molecule has 2 aliphatic rings. The van der Waals surface area contributed by atoms with Crippen LogP contribution in [0.15, 0.2) is 29.3 Å². The van der Waals surface area contributed by atoms with Crippen molar-refractivity contribution in [2.45, 2.75) is 24.3 Å². The highest BCUT2D eigenvalue weighted by Crippen LogP contribution is 2.38. The van der Waals surface area contributed by atoms with Crippen molar-refractivity contribution in [2.75, 3.05) is 26.2 Å². The Morgan fingerprint density at radius 3 is 2.85 bits per heavy atom. The zero-order chi connectivity index (χ0) is 19.0. The molecule has 144 valence electrons. The van der Waals surface area contributed by atoms with Gasteiger partial charge >= 0.3 is 0 Å². The number of Topliss-reactive ketones (excluding diaryl/α,β-unsaturated/α-hetero) is 1. The van der Waals surface area contributed by atoms with E-state index in [0.29, 0.717) is 27.8 Å². The Balaban J connectivity index is 1.59. The van der Waals surface area contributed by atoms with Crippen LogP contribution in [0, 0.1) is 5.82 Å². The van der Waals surface area contributed by atoms with Crippen LogP contribution in [0.1, 0.15) is 29.6 Å². The summed E-state index contributed by atoms with van der Waals surface area (Å²) in [5.74, 6) is -0.629. The van der Waals surface area contributed by atoms with Gasteiger partial charge in [-0.3, -0.25) is 10.1 Å². The lowest BCUT2D eigenvalue weighted by Crippen LogP contribution is -2.35. The first kappa shape index (κ1) is 18.8. The van der Waals surface area contributed by atoms with Gasteiger partial charge in [0.15, 0.2) is 5.78 Å². The lowest BCUT2D eigenvalue weighted by Gasteiger charge is -2.26. The summed E-state index contributed by atoms with van der Waals surface area (Å²) in [6, 6.07) is 5.94. The van der Waals surface area contributed by atoms with Gasteiger partial charge < -0.3 is 14.4 Å². The molecule has 0 spiro atoms. The van der Waals surface area contributed by atoms with E-state index in [0.717, 1.165) is 19.6 Å². The van der Waals surface area contributed by atoms with Crippen LogP contribution in [-0.4, -0.2) is 51.4 Å². The van der Waals surface area contributed by atoms with E-state index >= 15 is 0 Å². The molecule has 1 fully saturated rings. The summed E-state index contributed by atoms with van der Waals surface area (Å²) in [6.07, 6.45) is 2.52. The highest BCUT2D eigenvalue weighted by Gasteiger charge is 2.24. The van der Waals surface area contributed by atoms with E-state index in [4.69, 9.17) is 11.6 Å². The summed E-state index contributed by atoms with van der Waals surface area (Å²) >= 11 is 6.12. The number of nitrogens with one attached hydrogen (secondary N) is 2. The maximum Gasteiger partial charge on any atom is 0.171 e. The van der Waals surface area contributed by atoms with Crippen molar-refractivity contribution < 1.29 is 13.7 Å². The lowest BCUT2D eigenvalue weighted by atomic mass is 10.1. The van der Waals surface area contributed by atoms with E-state index in [1.807, 2.05) is 0 Å². The van der Waals surface area contributed by atoms with Gasteiger partial charge in [0.2, 0.25) is 0 Å². The Kier molecular flexibility index (Phi) is 5.48. The van der Waals surface area contributed by atoms with Crippen LogP contribution in [0.3, 0.4) is 0 Å². The van der Waals surface area contributed by atoms with Gasteiger partial charge in [-0.2, -0.15) is 0 Å². The van der Waals surface area contributed by atoms with Gasteiger partial charge in [-0.25, -0.2) is 15.2 Å². The molecule has 1 aromatic heterocycles. The van der Waals surface area contributed by atoms with Crippen molar-refractivity contribution in [1.82, 2.24) is 15.2 Å². The number of ketones is 1. The highest BCUT2D eigenvalue weighted by atomic mass is 35.5. The molecule has 1 unspecified atom stereocenters.